The highest BCUT2D eigenvalue weighted by Gasteiger charge is 2.32. The van der Waals surface area contributed by atoms with Gasteiger partial charge >= 0.3 is 5.97 Å². The van der Waals surface area contributed by atoms with Gasteiger partial charge in [-0.1, -0.05) is 12.1 Å². The molecule has 2 aliphatic heterocycles. The van der Waals surface area contributed by atoms with E-state index in [1.165, 1.54) is 4.90 Å². The van der Waals surface area contributed by atoms with Gasteiger partial charge in [0.1, 0.15) is 18.0 Å². The smallest absolute Gasteiger partial charge is 0.309 e. The van der Waals surface area contributed by atoms with E-state index in [9.17, 15) is 19.2 Å². The summed E-state index contributed by atoms with van der Waals surface area (Å²) < 4.78 is 16.5. The Labute approximate surface area is 222 Å². The van der Waals surface area contributed by atoms with Crippen LogP contribution in [-0.4, -0.2) is 67.9 Å². The molecule has 0 unspecified atom stereocenters. The monoisotopic (exact) mass is 522 g/mol. The quantitative estimate of drug-likeness (QED) is 0.387. The fourth-order valence-electron chi connectivity index (χ4n) is 4.78. The summed E-state index contributed by atoms with van der Waals surface area (Å²) in [7, 11) is 0. The first kappa shape index (κ1) is 27.2. The maximum absolute atomic E-state index is 13.1. The second-order valence-electron chi connectivity index (χ2n) is 9.72. The highest BCUT2D eigenvalue weighted by Crippen LogP contribution is 2.34. The Balaban J connectivity index is 1.44. The van der Waals surface area contributed by atoms with E-state index >= 15 is 0 Å². The molecule has 0 spiro atoms. The van der Waals surface area contributed by atoms with Gasteiger partial charge < -0.3 is 19.1 Å². The number of carbonyl (C=O) groups is 4. The number of Topliss-reactive ketones (excluding diaryl/α,β-unsaturated/α-hetero) is 1. The fourth-order valence-corrected chi connectivity index (χ4v) is 4.78. The number of aryl methyl sites for hydroxylation is 2. The molecular weight excluding hydrogens is 488 g/mol. The lowest BCUT2D eigenvalue weighted by molar-refractivity contribution is -0.151. The zero-order chi connectivity index (χ0) is 27.4. The molecule has 0 aromatic heterocycles. The highest BCUT2D eigenvalue weighted by atomic mass is 16.5. The molecule has 2 amide bonds. The molecule has 0 bridgehead atoms. The van der Waals surface area contributed by atoms with Crippen molar-refractivity contribution in [1.82, 2.24) is 4.90 Å². The number of ketones is 1. The summed E-state index contributed by atoms with van der Waals surface area (Å²) in [5.41, 5.74) is 3.75. The number of anilines is 1. The van der Waals surface area contributed by atoms with Gasteiger partial charge in [0.2, 0.25) is 5.91 Å². The predicted octanol–water partition coefficient (Wildman–Crippen LogP) is 3.40. The van der Waals surface area contributed by atoms with E-state index < -0.39 is 0 Å². The number of ether oxygens (including phenoxy) is 3. The molecule has 1 fully saturated rings. The van der Waals surface area contributed by atoms with Crippen molar-refractivity contribution in [3.8, 4) is 11.5 Å². The number of nitrogens with zero attached hydrogens (tertiary/aromatic N) is 2. The third-order valence-corrected chi connectivity index (χ3v) is 7.21. The van der Waals surface area contributed by atoms with E-state index in [2.05, 4.69) is 0 Å². The maximum Gasteiger partial charge on any atom is 0.309 e. The van der Waals surface area contributed by atoms with Gasteiger partial charge in [-0.15, -0.1) is 0 Å². The molecular formula is C29H34N2O7. The zero-order valence-corrected chi connectivity index (χ0v) is 22.4. The topological polar surface area (TPSA) is 102 Å². The summed E-state index contributed by atoms with van der Waals surface area (Å²) >= 11 is 0. The lowest BCUT2D eigenvalue weighted by atomic mass is 9.97. The molecule has 202 valence electrons. The lowest BCUT2D eigenvalue weighted by Crippen LogP contribution is -2.49. The largest absolute Gasteiger partial charge is 0.485 e. The average Bonchev–Trinajstić information content (AvgIpc) is 2.92. The third kappa shape index (κ3) is 5.82. The summed E-state index contributed by atoms with van der Waals surface area (Å²) in [6.07, 6.45) is 1.05. The van der Waals surface area contributed by atoms with Crippen LogP contribution in [0.4, 0.5) is 5.69 Å². The van der Waals surface area contributed by atoms with E-state index in [1.54, 1.807) is 30.0 Å². The molecule has 0 atom stereocenters. The molecule has 9 nitrogen and oxygen atoms in total. The van der Waals surface area contributed by atoms with Gasteiger partial charge in [-0.3, -0.25) is 24.1 Å². The molecule has 1 saturated heterocycles. The minimum atomic E-state index is -0.362. The number of carbonyl (C=O) groups excluding carboxylic acids is 4. The fraction of sp³-hybridized carbons (Fsp3) is 0.448. The van der Waals surface area contributed by atoms with Gasteiger partial charge in [-0.05, 0) is 75.4 Å². The van der Waals surface area contributed by atoms with Crippen molar-refractivity contribution in [2.75, 3.05) is 44.4 Å². The van der Waals surface area contributed by atoms with Crippen LogP contribution in [0, 0.1) is 26.7 Å². The number of rotatable bonds is 8. The van der Waals surface area contributed by atoms with Crippen LogP contribution in [0.2, 0.25) is 0 Å². The van der Waals surface area contributed by atoms with Crippen LogP contribution >= 0.6 is 0 Å². The number of hydrogen-bond acceptors (Lipinski definition) is 7. The van der Waals surface area contributed by atoms with Crippen LogP contribution < -0.4 is 14.4 Å². The number of amides is 2. The number of piperidine rings is 1. The standard InChI is InChI=1S/C29H34N2O7/c1-5-36-29(35)21-10-12-30(13-11-21)26(33)15-31-23-14-22(8-9-25(23)37-17-27(31)34)24(32)16-38-28-19(3)7-6-18(2)20(28)4/h6-9,14,21H,5,10-13,15-17H2,1-4H3. The van der Waals surface area contributed by atoms with Gasteiger partial charge in [-0.25, -0.2) is 0 Å². The van der Waals surface area contributed by atoms with E-state index in [1.807, 2.05) is 32.9 Å². The summed E-state index contributed by atoms with van der Waals surface area (Å²) in [5, 5.41) is 0. The van der Waals surface area contributed by atoms with Crippen LogP contribution in [0.5, 0.6) is 11.5 Å². The second-order valence-corrected chi connectivity index (χ2v) is 9.72. The Bertz CT molecular complexity index is 1250. The van der Waals surface area contributed by atoms with Crippen LogP contribution in [0.3, 0.4) is 0 Å². The van der Waals surface area contributed by atoms with E-state index in [0.29, 0.717) is 55.3 Å². The highest BCUT2D eigenvalue weighted by molar-refractivity contribution is 6.04. The number of likely N-dealkylation sites (tertiary alicyclic amines) is 1. The van der Waals surface area contributed by atoms with Crippen LogP contribution in [0.25, 0.3) is 0 Å². The van der Waals surface area contributed by atoms with E-state index in [4.69, 9.17) is 14.2 Å². The van der Waals surface area contributed by atoms with Crippen LogP contribution in [-0.2, 0) is 19.1 Å². The van der Waals surface area contributed by atoms with Crippen molar-refractivity contribution in [2.45, 2.75) is 40.5 Å². The van der Waals surface area contributed by atoms with Crippen molar-refractivity contribution >= 4 is 29.3 Å². The first-order chi connectivity index (χ1) is 18.2. The molecule has 0 radical (unpaired) electrons. The minimum absolute atomic E-state index is 0.160. The van der Waals surface area contributed by atoms with Gasteiger partial charge in [0, 0.05) is 18.7 Å². The molecule has 0 saturated carbocycles. The molecule has 38 heavy (non-hydrogen) atoms. The molecule has 2 aromatic carbocycles. The lowest BCUT2D eigenvalue weighted by Gasteiger charge is -2.34. The minimum Gasteiger partial charge on any atom is -0.485 e. The van der Waals surface area contributed by atoms with Gasteiger partial charge in [-0.2, -0.15) is 0 Å². The molecule has 9 heteroatoms. The maximum atomic E-state index is 13.1. The van der Waals surface area contributed by atoms with Gasteiger partial charge in [0.05, 0.1) is 18.2 Å². The number of fused-ring (bicyclic) bond motifs is 1. The Morgan fingerprint density at radius 3 is 2.45 bits per heavy atom. The van der Waals surface area contributed by atoms with Gasteiger partial charge in [0.25, 0.3) is 5.91 Å². The summed E-state index contributed by atoms with van der Waals surface area (Å²) in [6, 6.07) is 8.82. The SMILES string of the molecule is CCOC(=O)C1CCN(C(=O)CN2C(=O)COc3ccc(C(=O)COc4c(C)ccc(C)c4C)cc32)CC1. The Morgan fingerprint density at radius 2 is 1.74 bits per heavy atom. The Kier molecular flexibility index (Phi) is 8.34. The van der Waals surface area contributed by atoms with Crippen molar-refractivity contribution in [1.29, 1.82) is 0 Å². The third-order valence-electron chi connectivity index (χ3n) is 7.21. The Hall–Kier alpha value is -3.88. The van der Waals surface area contributed by atoms with Crippen molar-refractivity contribution < 1.29 is 33.4 Å². The van der Waals surface area contributed by atoms with E-state index in [-0.39, 0.29) is 49.2 Å². The summed E-state index contributed by atoms with van der Waals surface area (Å²) in [5.74, 6) is -0.162. The first-order valence-electron chi connectivity index (χ1n) is 12.9. The first-order valence-corrected chi connectivity index (χ1v) is 12.9. The van der Waals surface area contributed by atoms with Crippen molar-refractivity contribution in [3.05, 3.63) is 52.6 Å². The molecule has 0 aliphatic carbocycles. The normalized spacial score (nSPS) is 15.5. The zero-order valence-electron chi connectivity index (χ0n) is 22.4. The summed E-state index contributed by atoms with van der Waals surface area (Å²) in [4.78, 5) is 53.9. The van der Waals surface area contributed by atoms with Crippen molar-refractivity contribution in [3.63, 3.8) is 0 Å². The molecule has 0 N–H and O–H groups in total. The van der Waals surface area contributed by atoms with Gasteiger partial charge in [0.15, 0.2) is 19.0 Å². The molecule has 2 aliphatic rings. The molecule has 2 heterocycles. The summed E-state index contributed by atoms with van der Waals surface area (Å²) in [6.45, 7) is 8.30. The predicted molar refractivity (Wildman–Crippen MR) is 141 cm³/mol. The Morgan fingerprint density at radius 1 is 1.03 bits per heavy atom. The average molecular weight is 523 g/mol. The molecule has 4 rings (SSSR count). The molecule has 2 aromatic rings. The number of esters is 1. The van der Waals surface area contributed by atoms with Crippen molar-refractivity contribution in [2.24, 2.45) is 5.92 Å². The van der Waals surface area contributed by atoms with Crippen LogP contribution in [0.15, 0.2) is 30.3 Å². The number of hydrogen-bond donors (Lipinski definition) is 0. The van der Waals surface area contributed by atoms with Crippen LogP contribution in [0.1, 0.15) is 46.8 Å². The van der Waals surface area contributed by atoms with E-state index in [0.717, 1.165) is 16.7 Å². The second kappa shape index (κ2) is 11.7. The number of benzene rings is 2.